The van der Waals surface area contributed by atoms with Crippen LogP contribution in [0, 0.1) is 11.8 Å². The van der Waals surface area contributed by atoms with Crippen LogP contribution in [0.3, 0.4) is 0 Å². The molecule has 0 radical (unpaired) electrons. The molecular weight excluding hydrogens is 302 g/mol. The Bertz CT molecular complexity index is 470. The van der Waals surface area contributed by atoms with Gasteiger partial charge in [0.25, 0.3) is 0 Å². The Morgan fingerprint density at radius 3 is 2.89 bits per heavy atom. The molecule has 0 aromatic heterocycles. The summed E-state index contributed by atoms with van der Waals surface area (Å²) < 4.78 is 7.02. The predicted octanol–water partition coefficient (Wildman–Crippen LogP) is 3.56. The molecule has 1 N–H and O–H groups in total. The third-order valence-electron chi connectivity index (χ3n) is 4.64. The summed E-state index contributed by atoms with van der Waals surface area (Å²) >= 11 is 3.63. The summed E-state index contributed by atoms with van der Waals surface area (Å²) in [6.45, 7) is 3.22. The molecule has 19 heavy (non-hydrogen) atoms. The number of halogens is 1. The van der Waals surface area contributed by atoms with Crippen molar-refractivity contribution >= 4 is 15.9 Å². The quantitative estimate of drug-likeness (QED) is 0.894. The van der Waals surface area contributed by atoms with Gasteiger partial charge in [-0.2, -0.15) is 0 Å². The number of likely N-dealkylation sites (N-methyl/N-ethyl adjacent to an activating group) is 1. The number of benzene rings is 1. The van der Waals surface area contributed by atoms with Gasteiger partial charge in [-0.1, -0.05) is 22.9 Å². The van der Waals surface area contributed by atoms with E-state index in [-0.39, 0.29) is 0 Å². The molecule has 2 atom stereocenters. The average molecular weight is 324 g/mol. The number of hydrogen-bond acceptors (Lipinski definition) is 2. The molecule has 3 heteroatoms. The average Bonchev–Trinajstić information content (AvgIpc) is 3.14. The van der Waals surface area contributed by atoms with Crippen LogP contribution in [0.2, 0.25) is 0 Å². The summed E-state index contributed by atoms with van der Waals surface area (Å²) in [6, 6.07) is 4.98. The zero-order chi connectivity index (χ0) is 13.4. The zero-order valence-corrected chi connectivity index (χ0v) is 13.3. The van der Waals surface area contributed by atoms with Gasteiger partial charge in [-0.3, -0.25) is 0 Å². The van der Waals surface area contributed by atoms with Gasteiger partial charge in [0, 0.05) is 16.9 Å². The van der Waals surface area contributed by atoms with Crippen molar-refractivity contribution in [1.29, 1.82) is 0 Å². The molecule has 2 nitrogen and oxygen atoms in total. The first-order chi connectivity index (χ1) is 9.19. The molecule has 0 spiro atoms. The Kier molecular flexibility index (Phi) is 3.86. The van der Waals surface area contributed by atoms with Crippen molar-refractivity contribution in [2.24, 2.45) is 11.8 Å². The minimum absolute atomic E-state index is 0.551. The third kappa shape index (κ3) is 2.82. The lowest BCUT2D eigenvalue weighted by Gasteiger charge is -2.24. The van der Waals surface area contributed by atoms with Crippen LogP contribution >= 0.6 is 15.9 Å². The standard InChI is InChI=1S/C16H22BrNO/c1-10(11-3-4-11)15(18-2)9-13-8-14(17)7-12-5-6-19-16(12)13/h7-8,10-11,15,18H,3-6,9H2,1-2H3. The maximum absolute atomic E-state index is 5.84. The molecule has 1 fully saturated rings. The van der Waals surface area contributed by atoms with E-state index >= 15 is 0 Å². The van der Waals surface area contributed by atoms with Crippen molar-refractivity contribution in [2.75, 3.05) is 13.7 Å². The molecule has 2 aliphatic rings. The summed E-state index contributed by atoms with van der Waals surface area (Å²) in [5.74, 6) is 2.83. The van der Waals surface area contributed by atoms with Gasteiger partial charge in [-0.15, -0.1) is 0 Å². The van der Waals surface area contributed by atoms with Crippen LogP contribution in [0.25, 0.3) is 0 Å². The minimum Gasteiger partial charge on any atom is -0.493 e. The van der Waals surface area contributed by atoms with Gasteiger partial charge in [-0.05, 0) is 61.4 Å². The molecule has 1 aliphatic heterocycles. The highest BCUT2D eigenvalue weighted by molar-refractivity contribution is 9.10. The van der Waals surface area contributed by atoms with Gasteiger partial charge in [0.05, 0.1) is 6.61 Å². The van der Waals surface area contributed by atoms with E-state index in [0.29, 0.717) is 6.04 Å². The van der Waals surface area contributed by atoms with Gasteiger partial charge < -0.3 is 10.1 Å². The fourth-order valence-electron chi connectivity index (χ4n) is 3.24. The highest BCUT2D eigenvalue weighted by Gasteiger charge is 2.33. The van der Waals surface area contributed by atoms with Crippen molar-refractivity contribution in [3.05, 3.63) is 27.7 Å². The molecule has 1 saturated carbocycles. The van der Waals surface area contributed by atoms with E-state index in [1.807, 2.05) is 0 Å². The van der Waals surface area contributed by atoms with Crippen molar-refractivity contribution < 1.29 is 4.74 Å². The third-order valence-corrected chi connectivity index (χ3v) is 5.09. The zero-order valence-electron chi connectivity index (χ0n) is 11.7. The maximum Gasteiger partial charge on any atom is 0.125 e. The van der Waals surface area contributed by atoms with Crippen LogP contribution < -0.4 is 10.1 Å². The Morgan fingerprint density at radius 1 is 1.42 bits per heavy atom. The minimum atomic E-state index is 0.551. The molecule has 104 valence electrons. The Morgan fingerprint density at radius 2 is 2.21 bits per heavy atom. The molecule has 1 aromatic carbocycles. The van der Waals surface area contributed by atoms with E-state index in [4.69, 9.17) is 4.74 Å². The van der Waals surface area contributed by atoms with E-state index in [9.17, 15) is 0 Å². The molecule has 2 unspecified atom stereocenters. The van der Waals surface area contributed by atoms with Crippen molar-refractivity contribution in [3.63, 3.8) is 0 Å². The van der Waals surface area contributed by atoms with Gasteiger partial charge in [0.15, 0.2) is 0 Å². The Labute approximate surface area is 124 Å². The lowest BCUT2D eigenvalue weighted by Crippen LogP contribution is -2.35. The van der Waals surface area contributed by atoms with E-state index in [1.54, 1.807) is 0 Å². The largest absolute Gasteiger partial charge is 0.493 e. The van der Waals surface area contributed by atoms with Crippen LogP contribution in [-0.2, 0) is 12.8 Å². The molecule has 1 aromatic rings. The summed E-state index contributed by atoms with van der Waals surface area (Å²) in [5.41, 5.74) is 2.71. The number of rotatable bonds is 5. The van der Waals surface area contributed by atoms with E-state index in [0.717, 1.165) is 37.0 Å². The molecule has 1 aliphatic carbocycles. The molecule has 0 saturated heterocycles. The molecule has 1 heterocycles. The highest BCUT2D eigenvalue weighted by Crippen LogP contribution is 2.40. The summed E-state index contributed by atoms with van der Waals surface area (Å²) in [5, 5.41) is 3.51. The Balaban J connectivity index is 1.81. The monoisotopic (exact) mass is 323 g/mol. The van der Waals surface area contributed by atoms with Crippen LogP contribution in [0.15, 0.2) is 16.6 Å². The van der Waals surface area contributed by atoms with E-state index in [2.05, 4.69) is 47.4 Å². The molecular formula is C16H22BrNO. The number of hydrogen-bond donors (Lipinski definition) is 1. The topological polar surface area (TPSA) is 21.3 Å². The lowest BCUT2D eigenvalue weighted by atomic mass is 9.90. The maximum atomic E-state index is 5.84. The summed E-state index contributed by atoms with van der Waals surface area (Å²) in [4.78, 5) is 0. The normalized spacial score (nSPS) is 20.8. The first-order valence-electron chi connectivity index (χ1n) is 7.30. The van der Waals surface area contributed by atoms with Crippen molar-refractivity contribution in [1.82, 2.24) is 5.32 Å². The second-order valence-corrected chi connectivity index (χ2v) is 6.86. The number of ether oxygens (including phenoxy) is 1. The van der Waals surface area contributed by atoms with E-state index < -0.39 is 0 Å². The number of nitrogens with one attached hydrogen (secondary N) is 1. The summed E-state index contributed by atoms with van der Waals surface area (Å²) in [6.07, 6.45) is 4.93. The summed E-state index contributed by atoms with van der Waals surface area (Å²) in [7, 11) is 2.09. The molecule has 0 amide bonds. The SMILES string of the molecule is CNC(Cc1cc(Br)cc2c1OCC2)C(C)C1CC1. The highest BCUT2D eigenvalue weighted by atomic mass is 79.9. The predicted molar refractivity (Wildman–Crippen MR) is 81.8 cm³/mol. The molecule has 3 rings (SSSR count). The van der Waals surface area contributed by atoms with Crippen LogP contribution in [-0.4, -0.2) is 19.7 Å². The van der Waals surface area contributed by atoms with Gasteiger partial charge in [0.1, 0.15) is 5.75 Å². The fourth-order valence-corrected chi connectivity index (χ4v) is 3.79. The number of fused-ring (bicyclic) bond motifs is 1. The first kappa shape index (κ1) is 13.4. The molecule has 0 bridgehead atoms. The lowest BCUT2D eigenvalue weighted by molar-refractivity contribution is 0.336. The Hall–Kier alpha value is -0.540. The second-order valence-electron chi connectivity index (χ2n) is 5.95. The fraction of sp³-hybridized carbons (Fsp3) is 0.625. The smallest absolute Gasteiger partial charge is 0.125 e. The first-order valence-corrected chi connectivity index (χ1v) is 8.09. The van der Waals surface area contributed by atoms with Gasteiger partial charge >= 0.3 is 0 Å². The van der Waals surface area contributed by atoms with Crippen molar-refractivity contribution in [2.45, 2.75) is 38.6 Å². The van der Waals surface area contributed by atoms with Crippen LogP contribution in [0.1, 0.15) is 30.9 Å². The van der Waals surface area contributed by atoms with Crippen LogP contribution in [0.5, 0.6) is 5.75 Å². The van der Waals surface area contributed by atoms with Gasteiger partial charge in [-0.25, -0.2) is 0 Å². The van der Waals surface area contributed by atoms with Gasteiger partial charge in [0.2, 0.25) is 0 Å². The second kappa shape index (κ2) is 5.45. The van der Waals surface area contributed by atoms with E-state index in [1.165, 1.54) is 28.4 Å². The van der Waals surface area contributed by atoms with Crippen molar-refractivity contribution in [3.8, 4) is 5.75 Å². The van der Waals surface area contributed by atoms with Crippen LogP contribution in [0.4, 0.5) is 0 Å².